The van der Waals surface area contributed by atoms with Crippen LogP contribution in [0.25, 0.3) is 5.65 Å². The number of benzene rings is 1. The van der Waals surface area contributed by atoms with Gasteiger partial charge in [-0.15, -0.1) is 0 Å². The Hall–Kier alpha value is -2.88. The minimum absolute atomic E-state index is 0.0191. The molecule has 0 aliphatic heterocycles. The molecule has 1 amide bonds. The number of rotatable bonds is 5. The highest BCUT2D eigenvalue weighted by Crippen LogP contribution is 2.33. The molecule has 0 saturated heterocycles. The number of fused-ring (bicyclic) bond motifs is 1. The van der Waals surface area contributed by atoms with Gasteiger partial charge in [-0.05, 0) is 49.2 Å². The number of alkyl halides is 5. The number of nitrogens with one attached hydrogen (secondary N) is 1. The Morgan fingerprint density at radius 2 is 1.96 bits per heavy atom. The summed E-state index contributed by atoms with van der Waals surface area (Å²) in [5.74, 6) is -1.07. The molecule has 3 aromatic rings. The van der Waals surface area contributed by atoms with Crippen molar-refractivity contribution in [2.75, 3.05) is 5.32 Å². The molecule has 11 heteroatoms. The predicted octanol–water partition coefficient (Wildman–Crippen LogP) is 4.49. The predicted molar refractivity (Wildman–Crippen MR) is 93.2 cm³/mol. The van der Waals surface area contributed by atoms with Gasteiger partial charge >= 0.3 is 12.0 Å². The van der Waals surface area contributed by atoms with Gasteiger partial charge in [-0.1, -0.05) is 6.07 Å². The number of anilines is 1. The number of aryl methyl sites for hydroxylation is 2. The summed E-state index contributed by atoms with van der Waals surface area (Å²) in [6.45, 7) is 0.0858. The van der Waals surface area contributed by atoms with E-state index in [0.717, 1.165) is 10.6 Å². The average molecular weight is 417 g/mol. The van der Waals surface area contributed by atoms with Gasteiger partial charge in [-0.2, -0.15) is 22.7 Å². The molecule has 0 bridgehead atoms. The smallest absolute Gasteiger partial charge is 0.387 e. The Labute approximate surface area is 161 Å². The molecular formula is C17H13ClF4N4O2. The van der Waals surface area contributed by atoms with E-state index in [1.165, 1.54) is 31.2 Å². The zero-order valence-corrected chi connectivity index (χ0v) is 15.3. The van der Waals surface area contributed by atoms with Crippen LogP contribution in [0.5, 0.6) is 5.75 Å². The summed E-state index contributed by atoms with van der Waals surface area (Å²) in [4.78, 5) is 16.5. The third-order valence-corrected chi connectivity index (χ3v) is 3.87. The first-order chi connectivity index (χ1) is 13.0. The van der Waals surface area contributed by atoms with Gasteiger partial charge < -0.3 is 10.1 Å². The minimum Gasteiger partial charge on any atom is -0.433 e. The van der Waals surface area contributed by atoms with E-state index in [1.54, 1.807) is 6.92 Å². The molecule has 0 spiro atoms. The van der Waals surface area contributed by atoms with Crippen LogP contribution in [0.4, 0.5) is 23.2 Å². The number of ether oxygens (including phenoxy) is 1. The Bertz CT molecular complexity index is 1050. The lowest BCUT2D eigenvalue weighted by atomic mass is 10.2. The number of hydrogen-bond donors (Lipinski definition) is 1. The number of carbonyl (C=O) groups is 1. The van der Waals surface area contributed by atoms with Gasteiger partial charge in [-0.25, -0.2) is 9.50 Å². The van der Waals surface area contributed by atoms with Gasteiger partial charge in [0.1, 0.15) is 11.4 Å². The highest BCUT2D eigenvalue weighted by atomic mass is 35.5. The van der Waals surface area contributed by atoms with Crippen LogP contribution in [-0.2, 0) is 5.38 Å². The standard InChI is InChI=1S/C17H13ClF4N4O2/c1-8-3-4-12(28-16(19)20)10(5-8)24-15(27)11-7-14-23-9(2)6-13(17(18,21)22)26(14)25-11/h3-7,16H,1-2H3,(H,24,27). The summed E-state index contributed by atoms with van der Waals surface area (Å²) in [5.41, 5.74) is -0.0322. The monoisotopic (exact) mass is 416 g/mol. The van der Waals surface area contributed by atoms with Gasteiger partial charge in [0.15, 0.2) is 11.3 Å². The van der Waals surface area contributed by atoms with E-state index in [1.807, 2.05) is 0 Å². The van der Waals surface area contributed by atoms with Crippen LogP contribution in [0, 0.1) is 13.8 Å². The van der Waals surface area contributed by atoms with Crippen LogP contribution < -0.4 is 10.1 Å². The van der Waals surface area contributed by atoms with Crippen LogP contribution >= 0.6 is 11.6 Å². The molecule has 148 valence electrons. The van der Waals surface area contributed by atoms with Crippen LogP contribution in [0.3, 0.4) is 0 Å². The second-order valence-corrected chi connectivity index (χ2v) is 6.39. The van der Waals surface area contributed by atoms with E-state index in [9.17, 15) is 22.4 Å². The zero-order valence-electron chi connectivity index (χ0n) is 14.5. The third kappa shape index (κ3) is 4.16. The Balaban J connectivity index is 1.98. The molecule has 6 nitrogen and oxygen atoms in total. The van der Waals surface area contributed by atoms with E-state index in [2.05, 4.69) is 20.1 Å². The second kappa shape index (κ2) is 7.27. The topological polar surface area (TPSA) is 68.5 Å². The van der Waals surface area contributed by atoms with Crippen molar-refractivity contribution in [3.63, 3.8) is 0 Å². The number of aromatic nitrogens is 3. The van der Waals surface area contributed by atoms with Crippen molar-refractivity contribution in [3.8, 4) is 5.75 Å². The number of halogens is 5. The van der Waals surface area contributed by atoms with Crippen molar-refractivity contribution in [2.24, 2.45) is 0 Å². The summed E-state index contributed by atoms with van der Waals surface area (Å²) < 4.78 is 57.5. The van der Waals surface area contributed by atoms with Gasteiger partial charge in [0.05, 0.1) is 5.69 Å². The molecule has 1 N–H and O–H groups in total. The SMILES string of the molecule is Cc1ccc(OC(F)F)c(NC(=O)c2cc3nc(C)cc(C(F)(F)Cl)n3n2)c1. The first-order valence-corrected chi connectivity index (χ1v) is 8.24. The Morgan fingerprint density at radius 1 is 1.25 bits per heavy atom. The summed E-state index contributed by atoms with van der Waals surface area (Å²) in [7, 11) is 0. The fourth-order valence-corrected chi connectivity index (χ4v) is 2.67. The molecule has 2 aromatic heterocycles. The zero-order chi connectivity index (χ0) is 20.6. The molecule has 0 radical (unpaired) electrons. The maximum atomic E-state index is 13.6. The molecule has 0 aliphatic rings. The molecule has 2 heterocycles. The van der Waals surface area contributed by atoms with E-state index < -0.39 is 23.6 Å². The highest BCUT2D eigenvalue weighted by Gasteiger charge is 2.32. The van der Waals surface area contributed by atoms with Crippen LogP contribution in [0.2, 0.25) is 0 Å². The van der Waals surface area contributed by atoms with Crippen LogP contribution in [-0.4, -0.2) is 27.1 Å². The first-order valence-electron chi connectivity index (χ1n) is 7.86. The third-order valence-electron chi connectivity index (χ3n) is 3.68. The molecule has 3 rings (SSSR count). The van der Waals surface area contributed by atoms with E-state index in [4.69, 9.17) is 11.6 Å². The molecular weight excluding hydrogens is 404 g/mol. The number of hydrogen-bond acceptors (Lipinski definition) is 4. The second-order valence-electron chi connectivity index (χ2n) is 5.91. The molecule has 0 saturated carbocycles. The maximum Gasteiger partial charge on any atom is 0.387 e. The first kappa shape index (κ1) is 19.9. The van der Waals surface area contributed by atoms with Crippen molar-refractivity contribution in [2.45, 2.75) is 25.8 Å². The number of carbonyl (C=O) groups excluding carboxylic acids is 1. The Kier molecular flexibility index (Phi) is 5.16. The molecule has 0 fully saturated rings. The van der Waals surface area contributed by atoms with Gasteiger partial charge in [0.2, 0.25) is 0 Å². The van der Waals surface area contributed by atoms with E-state index in [0.29, 0.717) is 5.56 Å². The number of amides is 1. The molecule has 0 aliphatic carbocycles. The fraction of sp³-hybridized carbons (Fsp3) is 0.235. The van der Waals surface area contributed by atoms with Crippen molar-refractivity contribution < 1.29 is 27.1 Å². The van der Waals surface area contributed by atoms with Gasteiger partial charge in [0.25, 0.3) is 5.91 Å². The molecule has 28 heavy (non-hydrogen) atoms. The van der Waals surface area contributed by atoms with Crippen molar-refractivity contribution in [3.05, 3.63) is 53.0 Å². The minimum atomic E-state index is -3.74. The van der Waals surface area contributed by atoms with Crippen LogP contribution in [0.1, 0.15) is 27.4 Å². The lowest BCUT2D eigenvalue weighted by Crippen LogP contribution is -2.16. The van der Waals surface area contributed by atoms with Gasteiger partial charge in [0, 0.05) is 11.8 Å². The quantitative estimate of drug-likeness (QED) is 0.491. The summed E-state index contributed by atoms with van der Waals surface area (Å²) >= 11 is 5.10. The van der Waals surface area contributed by atoms with Crippen molar-refractivity contribution >= 4 is 28.8 Å². The Morgan fingerprint density at radius 3 is 2.61 bits per heavy atom. The summed E-state index contributed by atoms with van der Waals surface area (Å²) in [6, 6.07) is 6.45. The molecule has 0 unspecified atom stereocenters. The largest absolute Gasteiger partial charge is 0.433 e. The summed E-state index contributed by atoms with van der Waals surface area (Å²) in [5, 5.41) is 2.47. The lowest BCUT2D eigenvalue weighted by Gasteiger charge is -2.12. The average Bonchev–Trinajstić information content (AvgIpc) is 2.99. The highest BCUT2D eigenvalue weighted by molar-refractivity contribution is 6.21. The van der Waals surface area contributed by atoms with Gasteiger partial charge in [-0.3, -0.25) is 4.79 Å². The number of nitrogens with zero attached hydrogens (tertiary/aromatic N) is 3. The lowest BCUT2D eigenvalue weighted by molar-refractivity contribution is -0.0493. The summed E-state index contributed by atoms with van der Waals surface area (Å²) in [6.07, 6.45) is 0. The van der Waals surface area contributed by atoms with Crippen molar-refractivity contribution in [1.82, 2.24) is 14.6 Å². The van der Waals surface area contributed by atoms with E-state index in [-0.39, 0.29) is 28.5 Å². The van der Waals surface area contributed by atoms with Crippen LogP contribution in [0.15, 0.2) is 30.3 Å². The van der Waals surface area contributed by atoms with E-state index >= 15 is 0 Å². The van der Waals surface area contributed by atoms with Crippen molar-refractivity contribution in [1.29, 1.82) is 0 Å². The fourth-order valence-electron chi connectivity index (χ4n) is 2.54. The molecule has 0 atom stereocenters. The maximum absolute atomic E-state index is 13.6. The normalized spacial score (nSPS) is 11.9. The molecule has 1 aromatic carbocycles.